The number of rotatable bonds is 10. The highest BCUT2D eigenvalue weighted by Crippen LogP contribution is 2.16. The van der Waals surface area contributed by atoms with E-state index >= 15 is 0 Å². The van der Waals surface area contributed by atoms with Crippen molar-refractivity contribution in [3.05, 3.63) is 41.2 Å². The van der Waals surface area contributed by atoms with Crippen LogP contribution in [-0.4, -0.2) is 62.0 Å². The molecule has 168 valence electrons. The van der Waals surface area contributed by atoms with E-state index in [-0.39, 0.29) is 24.0 Å². The minimum atomic E-state index is 0. The van der Waals surface area contributed by atoms with Crippen molar-refractivity contribution >= 4 is 29.9 Å². The van der Waals surface area contributed by atoms with Crippen molar-refractivity contribution in [2.45, 2.75) is 39.7 Å². The second-order valence-corrected chi connectivity index (χ2v) is 7.04. The number of hydrogen-bond acceptors (Lipinski definition) is 6. The number of aryl methyl sites for hydroxylation is 2. The number of aliphatic imine (C=N–C) groups is 1. The van der Waals surface area contributed by atoms with Gasteiger partial charge in [0, 0.05) is 51.1 Å². The van der Waals surface area contributed by atoms with E-state index < -0.39 is 0 Å². The zero-order valence-corrected chi connectivity index (χ0v) is 20.3. The van der Waals surface area contributed by atoms with Crippen LogP contribution in [0.15, 0.2) is 32.3 Å². The van der Waals surface area contributed by atoms with Gasteiger partial charge in [0.1, 0.15) is 11.5 Å². The third-order valence-corrected chi connectivity index (χ3v) is 5.07. The highest BCUT2D eigenvalue weighted by atomic mass is 127. The zero-order chi connectivity index (χ0) is 20.3. The van der Waals surface area contributed by atoms with E-state index in [1.54, 1.807) is 6.26 Å². The van der Waals surface area contributed by atoms with Crippen LogP contribution in [0.3, 0.4) is 0 Å². The summed E-state index contributed by atoms with van der Waals surface area (Å²) >= 11 is 0. The monoisotopic (exact) mass is 531 g/mol. The smallest absolute Gasteiger partial charge is 0.191 e. The summed E-state index contributed by atoms with van der Waals surface area (Å²) in [6, 6.07) is 3.90. The standard InChI is InChI=1S/C21H33N5O3.HI/c1-3-19-18(20(4-2)29-25-19)16-24-21(22-8-7-17-6-5-13-28-17)23-9-10-26-11-14-27-15-12-26;/h5-6,13H,3-4,7-12,14-16H2,1-2H3,(H2,22,23,24);1H. The Hall–Kier alpha value is -1.59. The van der Waals surface area contributed by atoms with E-state index in [2.05, 4.69) is 34.5 Å². The molecule has 0 aliphatic carbocycles. The maximum atomic E-state index is 5.47. The Morgan fingerprint density at radius 3 is 2.67 bits per heavy atom. The van der Waals surface area contributed by atoms with Gasteiger partial charge in [0.2, 0.25) is 0 Å². The van der Waals surface area contributed by atoms with Crippen molar-refractivity contribution in [2.75, 3.05) is 45.9 Å². The minimum Gasteiger partial charge on any atom is -0.469 e. The fraction of sp³-hybridized carbons (Fsp3) is 0.619. The molecule has 3 heterocycles. The lowest BCUT2D eigenvalue weighted by atomic mass is 10.1. The number of nitrogens with one attached hydrogen (secondary N) is 2. The normalized spacial score (nSPS) is 15.1. The van der Waals surface area contributed by atoms with Gasteiger partial charge in [0.05, 0.1) is 31.7 Å². The first-order chi connectivity index (χ1) is 14.3. The average molecular weight is 531 g/mol. The lowest BCUT2D eigenvalue weighted by Gasteiger charge is -2.26. The van der Waals surface area contributed by atoms with Crippen LogP contribution in [-0.2, 0) is 30.5 Å². The molecular formula is C21H34IN5O3. The number of guanidine groups is 1. The molecule has 3 rings (SSSR count). The maximum Gasteiger partial charge on any atom is 0.191 e. The lowest BCUT2D eigenvalue weighted by Crippen LogP contribution is -2.44. The van der Waals surface area contributed by atoms with Crippen LogP contribution in [0.25, 0.3) is 0 Å². The van der Waals surface area contributed by atoms with Gasteiger partial charge in [-0.2, -0.15) is 0 Å². The molecule has 0 spiro atoms. The van der Waals surface area contributed by atoms with Gasteiger partial charge in [-0.05, 0) is 18.6 Å². The zero-order valence-electron chi connectivity index (χ0n) is 18.0. The molecule has 8 nitrogen and oxygen atoms in total. The SMILES string of the molecule is CCc1noc(CC)c1CN=C(NCCc1ccco1)NCCN1CCOCC1.I. The van der Waals surface area contributed by atoms with Gasteiger partial charge >= 0.3 is 0 Å². The summed E-state index contributed by atoms with van der Waals surface area (Å²) in [5.41, 5.74) is 2.10. The van der Waals surface area contributed by atoms with Crippen LogP contribution in [0.4, 0.5) is 0 Å². The van der Waals surface area contributed by atoms with Crippen LogP contribution in [0.1, 0.15) is 36.6 Å². The van der Waals surface area contributed by atoms with E-state index in [1.165, 1.54) is 0 Å². The average Bonchev–Trinajstić information content (AvgIpc) is 3.41. The molecule has 2 aromatic rings. The Kier molecular flexibility index (Phi) is 11.2. The topological polar surface area (TPSA) is 88.1 Å². The molecule has 0 bridgehead atoms. The third kappa shape index (κ3) is 7.59. The second-order valence-electron chi connectivity index (χ2n) is 7.04. The number of aromatic nitrogens is 1. The summed E-state index contributed by atoms with van der Waals surface area (Å²) in [4.78, 5) is 7.21. The summed E-state index contributed by atoms with van der Waals surface area (Å²) in [5.74, 6) is 2.69. The predicted octanol–water partition coefficient (Wildman–Crippen LogP) is 2.62. The highest BCUT2D eigenvalue weighted by molar-refractivity contribution is 14.0. The van der Waals surface area contributed by atoms with Crippen LogP contribution < -0.4 is 10.6 Å². The number of halogens is 1. The molecule has 2 aromatic heterocycles. The van der Waals surface area contributed by atoms with Gasteiger partial charge < -0.3 is 24.3 Å². The predicted molar refractivity (Wildman–Crippen MR) is 127 cm³/mol. The molecule has 30 heavy (non-hydrogen) atoms. The number of nitrogens with zero attached hydrogens (tertiary/aromatic N) is 3. The van der Waals surface area contributed by atoms with E-state index in [0.29, 0.717) is 6.54 Å². The second kappa shape index (κ2) is 13.7. The van der Waals surface area contributed by atoms with Gasteiger partial charge in [-0.25, -0.2) is 4.99 Å². The minimum absolute atomic E-state index is 0. The summed E-state index contributed by atoms with van der Waals surface area (Å²) in [5, 5.41) is 11.1. The van der Waals surface area contributed by atoms with Crippen LogP contribution >= 0.6 is 24.0 Å². The molecule has 0 aromatic carbocycles. The quantitative estimate of drug-likeness (QED) is 0.277. The maximum absolute atomic E-state index is 5.47. The number of morpholine rings is 1. The van der Waals surface area contributed by atoms with Gasteiger partial charge in [-0.15, -0.1) is 24.0 Å². The first kappa shape index (κ1) is 24.7. The fourth-order valence-corrected chi connectivity index (χ4v) is 3.37. The first-order valence-electron chi connectivity index (χ1n) is 10.6. The van der Waals surface area contributed by atoms with Crippen molar-refractivity contribution in [3.63, 3.8) is 0 Å². The molecule has 9 heteroatoms. The van der Waals surface area contributed by atoms with Crippen molar-refractivity contribution < 1.29 is 13.7 Å². The Balaban J connectivity index is 0.00000320. The summed E-state index contributed by atoms with van der Waals surface area (Å²) < 4.78 is 16.3. The van der Waals surface area contributed by atoms with E-state index in [4.69, 9.17) is 18.7 Å². The van der Waals surface area contributed by atoms with Crippen LogP contribution in [0, 0.1) is 0 Å². The van der Waals surface area contributed by atoms with Gasteiger partial charge in [0.25, 0.3) is 0 Å². The molecule has 1 fully saturated rings. The first-order valence-corrected chi connectivity index (χ1v) is 10.6. The lowest BCUT2D eigenvalue weighted by molar-refractivity contribution is 0.0389. The van der Waals surface area contributed by atoms with Gasteiger partial charge in [-0.1, -0.05) is 19.0 Å². The van der Waals surface area contributed by atoms with Gasteiger partial charge in [-0.3, -0.25) is 4.90 Å². The molecular weight excluding hydrogens is 497 g/mol. The van der Waals surface area contributed by atoms with Crippen molar-refractivity contribution in [1.29, 1.82) is 0 Å². The Bertz CT molecular complexity index is 720. The van der Waals surface area contributed by atoms with E-state index in [9.17, 15) is 0 Å². The van der Waals surface area contributed by atoms with Gasteiger partial charge in [0.15, 0.2) is 5.96 Å². The van der Waals surface area contributed by atoms with Crippen LogP contribution in [0.2, 0.25) is 0 Å². The Labute approximate surface area is 195 Å². The number of hydrogen-bond donors (Lipinski definition) is 2. The molecule has 1 aliphatic heterocycles. The summed E-state index contributed by atoms with van der Waals surface area (Å²) in [6.07, 6.45) is 4.18. The molecule has 0 saturated carbocycles. The largest absolute Gasteiger partial charge is 0.469 e. The van der Waals surface area contributed by atoms with Crippen LogP contribution in [0.5, 0.6) is 0 Å². The number of furan rings is 1. The Morgan fingerprint density at radius 2 is 1.97 bits per heavy atom. The molecule has 1 saturated heterocycles. The molecule has 0 amide bonds. The fourth-order valence-electron chi connectivity index (χ4n) is 3.37. The highest BCUT2D eigenvalue weighted by Gasteiger charge is 2.14. The number of ether oxygens (including phenoxy) is 1. The third-order valence-electron chi connectivity index (χ3n) is 5.07. The molecule has 1 aliphatic rings. The van der Waals surface area contributed by atoms with E-state index in [1.807, 2.05) is 12.1 Å². The van der Waals surface area contributed by atoms with Crippen molar-refractivity contribution in [3.8, 4) is 0 Å². The Morgan fingerprint density at radius 1 is 1.17 bits per heavy atom. The molecule has 0 unspecified atom stereocenters. The summed E-state index contributed by atoms with van der Waals surface area (Å²) in [6.45, 7) is 10.9. The molecule has 2 N–H and O–H groups in total. The van der Waals surface area contributed by atoms with Crippen molar-refractivity contribution in [2.24, 2.45) is 4.99 Å². The van der Waals surface area contributed by atoms with E-state index in [0.717, 1.165) is 93.9 Å². The van der Waals surface area contributed by atoms with Crippen molar-refractivity contribution in [1.82, 2.24) is 20.7 Å². The molecule has 0 radical (unpaired) electrons. The molecule has 0 atom stereocenters. The summed E-state index contributed by atoms with van der Waals surface area (Å²) in [7, 11) is 0.